The molecule has 0 spiro atoms. The Hall–Kier alpha value is -2.10. The number of pyridine rings is 1. The van der Waals surface area contributed by atoms with Crippen molar-refractivity contribution in [3.05, 3.63) is 54.0 Å². The van der Waals surface area contributed by atoms with Gasteiger partial charge >= 0.3 is 0 Å². The van der Waals surface area contributed by atoms with Gasteiger partial charge in [0.1, 0.15) is 24.0 Å². The summed E-state index contributed by atoms with van der Waals surface area (Å²) in [5.74, 6) is 1.01. The fourth-order valence-electron chi connectivity index (χ4n) is 1.42. The molecule has 0 saturated carbocycles. The van der Waals surface area contributed by atoms with Gasteiger partial charge in [-0.25, -0.2) is 9.37 Å². The first-order valence-electron chi connectivity index (χ1n) is 5.29. The lowest BCUT2D eigenvalue weighted by atomic mass is 10.3. The Morgan fingerprint density at radius 2 is 2.18 bits per heavy atom. The third-order valence-corrected chi connectivity index (χ3v) is 2.28. The lowest BCUT2D eigenvalue weighted by molar-refractivity contribution is 0.304. The fourth-order valence-corrected chi connectivity index (χ4v) is 1.42. The van der Waals surface area contributed by atoms with E-state index >= 15 is 0 Å². The van der Waals surface area contributed by atoms with Gasteiger partial charge in [-0.3, -0.25) is 0 Å². The maximum absolute atomic E-state index is 12.9. The van der Waals surface area contributed by atoms with Crippen LogP contribution in [0.3, 0.4) is 0 Å². The van der Waals surface area contributed by atoms with Crippen LogP contribution in [0.5, 0.6) is 5.75 Å². The van der Waals surface area contributed by atoms with Crippen LogP contribution < -0.4 is 10.1 Å². The average molecular weight is 232 g/mol. The van der Waals surface area contributed by atoms with Gasteiger partial charge in [0, 0.05) is 19.3 Å². The summed E-state index contributed by atoms with van der Waals surface area (Å²) < 4.78 is 18.4. The van der Waals surface area contributed by atoms with E-state index in [0.717, 1.165) is 11.4 Å². The highest BCUT2D eigenvalue weighted by molar-refractivity contribution is 5.36. The van der Waals surface area contributed by atoms with Crippen molar-refractivity contribution in [1.82, 2.24) is 4.98 Å². The molecule has 0 saturated heterocycles. The zero-order chi connectivity index (χ0) is 12.1. The number of halogens is 1. The summed E-state index contributed by atoms with van der Waals surface area (Å²) in [5.41, 5.74) is 0.980. The number of aromatic nitrogens is 1. The van der Waals surface area contributed by atoms with Crippen LogP contribution in [-0.2, 0) is 6.61 Å². The number of hydrogen-bond donors (Lipinski definition) is 1. The molecule has 0 aliphatic carbocycles. The molecule has 17 heavy (non-hydrogen) atoms. The molecule has 0 aliphatic heterocycles. The molecule has 0 atom stereocenters. The molecule has 2 aromatic rings. The van der Waals surface area contributed by atoms with Crippen LogP contribution in [0.2, 0.25) is 0 Å². The van der Waals surface area contributed by atoms with Gasteiger partial charge in [-0.05, 0) is 29.8 Å². The first-order valence-corrected chi connectivity index (χ1v) is 5.29. The molecule has 0 amide bonds. The quantitative estimate of drug-likeness (QED) is 0.880. The van der Waals surface area contributed by atoms with Crippen molar-refractivity contribution in [2.45, 2.75) is 6.61 Å². The molecule has 1 aromatic heterocycles. The number of benzene rings is 1. The van der Waals surface area contributed by atoms with Crippen molar-refractivity contribution in [2.75, 3.05) is 12.4 Å². The van der Waals surface area contributed by atoms with Crippen LogP contribution in [0.15, 0.2) is 42.6 Å². The van der Waals surface area contributed by atoms with Crippen molar-refractivity contribution < 1.29 is 9.13 Å². The smallest absolute Gasteiger partial charge is 0.126 e. The van der Waals surface area contributed by atoms with Crippen LogP contribution in [-0.4, -0.2) is 12.0 Å². The van der Waals surface area contributed by atoms with Gasteiger partial charge in [-0.1, -0.05) is 6.07 Å². The number of hydrogen-bond acceptors (Lipinski definition) is 3. The van der Waals surface area contributed by atoms with Crippen LogP contribution in [0.4, 0.5) is 10.2 Å². The van der Waals surface area contributed by atoms with Crippen LogP contribution in [0.1, 0.15) is 5.56 Å². The van der Waals surface area contributed by atoms with Crippen molar-refractivity contribution in [3.8, 4) is 5.75 Å². The number of rotatable bonds is 4. The molecule has 1 heterocycles. The van der Waals surface area contributed by atoms with Crippen molar-refractivity contribution >= 4 is 5.82 Å². The van der Waals surface area contributed by atoms with E-state index in [2.05, 4.69) is 10.3 Å². The molecule has 0 unspecified atom stereocenters. The monoisotopic (exact) mass is 232 g/mol. The average Bonchev–Trinajstić information content (AvgIpc) is 2.37. The van der Waals surface area contributed by atoms with Gasteiger partial charge in [0.25, 0.3) is 0 Å². The largest absolute Gasteiger partial charge is 0.489 e. The highest BCUT2D eigenvalue weighted by Crippen LogP contribution is 2.14. The normalized spacial score (nSPS) is 10.0. The van der Waals surface area contributed by atoms with Gasteiger partial charge in [0.05, 0.1) is 0 Å². The van der Waals surface area contributed by atoms with Gasteiger partial charge in [-0.2, -0.15) is 0 Å². The number of ether oxygens (including phenoxy) is 1. The second-order valence-electron chi connectivity index (χ2n) is 3.55. The second kappa shape index (κ2) is 5.30. The maximum Gasteiger partial charge on any atom is 0.126 e. The summed E-state index contributed by atoms with van der Waals surface area (Å²) in [5, 5.41) is 2.95. The third kappa shape index (κ3) is 3.17. The van der Waals surface area contributed by atoms with E-state index < -0.39 is 0 Å². The molecular formula is C13H13FN2O. The molecule has 3 nitrogen and oxygen atoms in total. The summed E-state index contributed by atoms with van der Waals surface area (Å²) in [7, 11) is 1.81. The van der Waals surface area contributed by atoms with E-state index in [1.807, 2.05) is 12.1 Å². The fraction of sp³-hybridized carbons (Fsp3) is 0.154. The molecular weight excluding hydrogens is 219 g/mol. The zero-order valence-corrected chi connectivity index (χ0v) is 9.48. The Bertz CT molecular complexity index is 502. The first-order chi connectivity index (χ1) is 8.28. The minimum absolute atomic E-state index is 0.298. The summed E-state index contributed by atoms with van der Waals surface area (Å²) in [6, 6.07) is 9.84. The summed E-state index contributed by atoms with van der Waals surface area (Å²) in [6.07, 6.45) is 1.70. The van der Waals surface area contributed by atoms with E-state index in [4.69, 9.17) is 4.74 Å². The first kappa shape index (κ1) is 11.4. The van der Waals surface area contributed by atoms with Crippen molar-refractivity contribution in [1.29, 1.82) is 0 Å². The Morgan fingerprint density at radius 3 is 2.94 bits per heavy atom. The van der Waals surface area contributed by atoms with Crippen molar-refractivity contribution in [3.63, 3.8) is 0 Å². The Kier molecular flexibility index (Phi) is 3.55. The highest BCUT2D eigenvalue weighted by atomic mass is 19.1. The van der Waals surface area contributed by atoms with E-state index in [0.29, 0.717) is 12.4 Å². The SMILES string of the molecule is CNc1cc(COc2cccc(F)c2)ccn1. The molecule has 0 aliphatic rings. The van der Waals surface area contributed by atoms with Crippen LogP contribution in [0.25, 0.3) is 0 Å². The number of nitrogens with zero attached hydrogens (tertiary/aromatic N) is 1. The predicted molar refractivity (Wildman–Crippen MR) is 64.5 cm³/mol. The van der Waals surface area contributed by atoms with E-state index in [9.17, 15) is 4.39 Å². The third-order valence-electron chi connectivity index (χ3n) is 2.28. The van der Waals surface area contributed by atoms with Crippen LogP contribution >= 0.6 is 0 Å². The van der Waals surface area contributed by atoms with E-state index in [-0.39, 0.29) is 5.82 Å². The summed E-state index contributed by atoms with van der Waals surface area (Å²) in [4.78, 5) is 4.10. The zero-order valence-electron chi connectivity index (χ0n) is 9.48. The topological polar surface area (TPSA) is 34.1 Å². The minimum atomic E-state index is -0.298. The van der Waals surface area contributed by atoms with Gasteiger partial charge in [-0.15, -0.1) is 0 Å². The molecule has 88 valence electrons. The Morgan fingerprint density at radius 1 is 1.29 bits per heavy atom. The highest BCUT2D eigenvalue weighted by Gasteiger charge is 1.99. The Balaban J connectivity index is 2.02. The van der Waals surface area contributed by atoms with E-state index in [1.54, 1.807) is 25.4 Å². The minimum Gasteiger partial charge on any atom is -0.489 e. The molecule has 0 bridgehead atoms. The maximum atomic E-state index is 12.9. The second-order valence-corrected chi connectivity index (χ2v) is 3.55. The molecule has 2 rings (SSSR count). The van der Waals surface area contributed by atoms with E-state index in [1.165, 1.54) is 12.1 Å². The lowest BCUT2D eigenvalue weighted by Crippen LogP contribution is -1.98. The number of nitrogens with one attached hydrogen (secondary N) is 1. The molecule has 1 aromatic carbocycles. The number of anilines is 1. The van der Waals surface area contributed by atoms with Crippen molar-refractivity contribution in [2.24, 2.45) is 0 Å². The molecule has 0 radical (unpaired) electrons. The predicted octanol–water partition coefficient (Wildman–Crippen LogP) is 2.84. The summed E-state index contributed by atoms with van der Waals surface area (Å²) in [6.45, 7) is 0.390. The molecule has 1 N–H and O–H groups in total. The molecule has 4 heteroatoms. The lowest BCUT2D eigenvalue weighted by Gasteiger charge is -2.07. The standard InChI is InChI=1S/C13H13FN2O/c1-15-13-7-10(5-6-16-13)9-17-12-4-2-3-11(14)8-12/h2-8H,9H2,1H3,(H,15,16). The van der Waals surface area contributed by atoms with Crippen LogP contribution in [0, 0.1) is 5.82 Å². The van der Waals surface area contributed by atoms with Gasteiger partial charge < -0.3 is 10.1 Å². The van der Waals surface area contributed by atoms with Gasteiger partial charge in [0.2, 0.25) is 0 Å². The Labute approximate surface area is 99.3 Å². The summed E-state index contributed by atoms with van der Waals surface area (Å²) >= 11 is 0. The van der Waals surface area contributed by atoms with Gasteiger partial charge in [0.15, 0.2) is 0 Å². The molecule has 0 fully saturated rings.